The Morgan fingerprint density at radius 2 is 2.60 bits per heavy atom. The van der Waals surface area contributed by atoms with Crippen LogP contribution >= 0.6 is 0 Å². The summed E-state index contributed by atoms with van der Waals surface area (Å²) < 4.78 is 0. The van der Waals surface area contributed by atoms with Gasteiger partial charge in [-0.15, -0.1) is 0 Å². The lowest BCUT2D eigenvalue weighted by Gasteiger charge is -2.00. The van der Waals surface area contributed by atoms with E-state index in [9.17, 15) is 4.79 Å². The molecule has 0 aromatic heterocycles. The van der Waals surface area contributed by atoms with Crippen LogP contribution in [0.5, 0.6) is 0 Å². The first-order valence-electron chi connectivity index (χ1n) is 3.49. The molecule has 1 aliphatic heterocycles. The minimum Gasteiger partial charge on any atom is -0.356 e. The first-order chi connectivity index (χ1) is 4.84. The molecule has 1 aliphatic rings. The summed E-state index contributed by atoms with van der Waals surface area (Å²) in [7, 11) is 0. The van der Waals surface area contributed by atoms with Gasteiger partial charge < -0.3 is 5.32 Å². The van der Waals surface area contributed by atoms with E-state index in [1.807, 2.05) is 6.07 Å². The second kappa shape index (κ2) is 3.21. The van der Waals surface area contributed by atoms with Gasteiger partial charge in [0.2, 0.25) is 5.91 Å². The molecule has 0 saturated carbocycles. The second-order valence-electron chi connectivity index (χ2n) is 2.47. The van der Waals surface area contributed by atoms with Crippen molar-refractivity contribution in [1.29, 1.82) is 5.26 Å². The van der Waals surface area contributed by atoms with Crippen molar-refractivity contribution in [2.75, 3.05) is 6.54 Å². The predicted molar refractivity (Wildman–Crippen MR) is 36.0 cm³/mol. The number of amides is 1. The fraction of sp³-hybridized carbons (Fsp3) is 0.714. The Labute approximate surface area is 60.0 Å². The summed E-state index contributed by atoms with van der Waals surface area (Å²) >= 11 is 0. The van der Waals surface area contributed by atoms with E-state index < -0.39 is 0 Å². The molecule has 0 spiro atoms. The minimum absolute atomic E-state index is 0.111. The molecule has 0 radical (unpaired) electrons. The maximum atomic E-state index is 10.9. The van der Waals surface area contributed by atoms with Crippen LogP contribution in [0.3, 0.4) is 0 Å². The number of hydrogen-bond acceptors (Lipinski definition) is 2. The monoisotopic (exact) mass is 138 g/mol. The van der Waals surface area contributed by atoms with Gasteiger partial charge in [-0.3, -0.25) is 4.79 Å². The summed E-state index contributed by atoms with van der Waals surface area (Å²) in [4.78, 5) is 10.9. The molecule has 3 nitrogen and oxygen atoms in total. The highest BCUT2D eigenvalue weighted by atomic mass is 16.2. The van der Waals surface area contributed by atoms with E-state index in [1.165, 1.54) is 0 Å². The van der Waals surface area contributed by atoms with Crippen LogP contribution in [-0.2, 0) is 4.79 Å². The molecular weight excluding hydrogens is 128 g/mol. The zero-order chi connectivity index (χ0) is 7.40. The third-order valence-corrected chi connectivity index (χ3v) is 1.77. The normalized spacial score (nSPS) is 23.9. The summed E-state index contributed by atoms with van der Waals surface area (Å²) in [5.41, 5.74) is 0. The maximum Gasteiger partial charge on any atom is 0.223 e. The third-order valence-electron chi connectivity index (χ3n) is 1.77. The molecular formula is C7H10N2O. The second-order valence-corrected chi connectivity index (χ2v) is 2.47. The number of hydrogen-bond donors (Lipinski definition) is 1. The molecule has 3 heteroatoms. The van der Waals surface area contributed by atoms with Gasteiger partial charge in [0.05, 0.1) is 6.07 Å². The molecule has 1 N–H and O–H groups in total. The third kappa shape index (κ3) is 1.47. The summed E-state index contributed by atoms with van der Waals surface area (Å²) in [6, 6.07) is 2.04. The smallest absolute Gasteiger partial charge is 0.223 e. The van der Waals surface area contributed by atoms with Gasteiger partial charge in [-0.1, -0.05) is 0 Å². The molecule has 1 rings (SSSR count). The van der Waals surface area contributed by atoms with Crippen LogP contribution in [0.15, 0.2) is 0 Å². The van der Waals surface area contributed by atoms with Crippen molar-refractivity contribution in [3.05, 3.63) is 0 Å². The zero-order valence-corrected chi connectivity index (χ0v) is 5.76. The molecule has 1 saturated heterocycles. The predicted octanol–water partition coefficient (Wildman–Crippen LogP) is 0.426. The molecule has 0 aromatic carbocycles. The number of rotatable bonds is 2. The number of nitrogens with one attached hydrogen (secondary N) is 1. The average Bonchev–Trinajstić information content (AvgIpc) is 2.31. The van der Waals surface area contributed by atoms with Gasteiger partial charge in [0.1, 0.15) is 0 Å². The van der Waals surface area contributed by atoms with E-state index in [0.717, 1.165) is 19.4 Å². The molecule has 1 fully saturated rings. The first kappa shape index (κ1) is 7.07. The standard InChI is InChI=1S/C7H10N2O/c8-4-1-2-6-3-5-9-7(6)10/h6H,1-3,5H2,(H,9,10). The van der Waals surface area contributed by atoms with Gasteiger partial charge >= 0.3 is 0 Å². The molecule has 10 heavy (non-hydrogen) atoms. The average molecular weight is 138 g/mol. The highest BCUT2D eigenvalue weighted by Gasteiger charge is 2.22. The van der Waals surface area contributed by atoms with Crippen molar-refractivity contribution in [3.8, 4) is 6.07 Å². The fourth-order valence-corrected chi connectivity index (χ4v) is 1.16. The highest BCUT2D eigenvalue weighted by Crippen LogP contribution is 2.14. The van der Waals surface area contributed by atoms with Gasteiger partial charge in [0.25, 0.3) is 0 Å². The minimum atomic E-state index is 0.111. The van der Waals surface area contributed by atoms with E-state index in [-0.39, 0.29) is 11.8 Å². The number of nitrogens with zero attached hydrogens (tertiary/aromatic N) is 1. The van der Waals surface area contributed by atoms with Gasteiger partial charge in [-0.05, 0) is 12.8 Å². The van der Waals surface area contributed by atoms with E-state index >= 15 is 0 Å². The Morgan fingerprint density at radius 3 is 3.10 bits per heavy atom. The number of carbonyl (C=O) groups is 1. The van der Waals surface area contributed by atoms with Gasteiger partial charge in [0, 0.05) is 18.9 Å². The fourth-order valence-electron chi connectivity index (χ4n) is 1.16. The zero-order valence-electron chi connectivity index (χ0n) is 5.76. The first-order valence-corrected chi connectivity index (χ1v) is 3.49. The Morgan fingerprint density at radius 1 is 1.80 bits per heavy atom. The van der Waals surface area contributed by atoms with Gasteiger partial charge in [0.15, 0.2) is 0 Å². The molecule has 0 bridgehead atoms. The van der Waals surface area contributed by atoms with Crippen LogP contribution in [-0.4, -0.2) is 12.5 Å². The van der Waals surface area contributed by atoms with E-state index in [0.29, 0.717) is 6.42 Å². The van der Waals surface area contributed by atoms with Crippen molar-refractivity contribution >= 4 is 5.91 Å². The van der Waals surface area contributed by atoms with Gasteiger partial charge in [-0.25, -0.2) is 0 Å². The van der Waals surface area contributed by atoms with Crippen LogP contribution < -0.4 is 5.32 Å². The van der Waals surface area contributed by atoms with Crippen molar-refractivity contribution in [2.45, 2.75) is 19.3 Å². The Balaban J connectivity index is 2.28. The molecule has 1 amide bonds. The Hall–Kier alpha value is -1.04. The summed E-state index contributed by atoms with van der Waals surface area (Å²) in [6.45, 7) is 0.787. The van der Waals surface area contributed by atoms with E-state index in [4.69, 9.17) is 5.26 Å². The van der Waals surface area contributed by atoms with Crippen LogP contribution in [0, 0.1) is 17.2 Å². The molecule has 1 heterocycles. The highest BCUT2D eigenvalue weighted by molar-refractivity contribution is 5.80. The van der Waals surface area contributed by atoms with Crippen LogP contribution in [0.4, 0.5) is 0 Å². The Kier molecular flexibility index (Phi) is 2.27. The molecule has 0 aliphatic carbocycles. The van der Waals surface area contributed by atoms with E-state index in [2.05, 4.69) is 5.32 Å². The largest absolute Gasteiger partial charge is 0.356 e. The lowest BCUT2D eigenvalue weighted by Crippen LogP contribution is -2.18. The molecule has 1 atom stereocenters. The number of carbonyl (C=O) groups excluding carboxylic acids is 1. The molecule has 0 aromatic rings. The van der Waals surface area contributed by atoms with Crippen molar-refractivity contribution in [1.82, 2.24) is 5.32 Å². The van der Waals surface area contributed by atoms with Crippen LogP contribution in [0.25, 0.3) is 0 Å². The quantitative estimate of drug-likeness (QED) is 0.601. The summed E-state index contributed by atoms with van der Waals surface area (Å²) in [5.74, 6) is 0.231. The summed E-state index contributed by atoms with van der Waals surface area (Å²) in [6.07, 6.45) is 2.13. The van der Waals surface area contributed by atoms with Crippen LogP contribution in [0.2, 0.25) is 0 Å². The lowest BCUT2D eigenvalue weighted by molar-refractivity contribution is -0.122. The SMILES string of the molecule is N#CCCC1CCNC1=O. The van der Waals surface area contributed by atoms with Crippen molar-refractivity contribution in [2.24, 2.45) is 5.92 Å². The topological polar surface area (TPSA) is 52.9 Å². The van der Waals surface area contributed by atoms with E-state index in [1.54, 1.807) is 0 Å². The van der Waals surface area contributed by atoms with Crippen molar-refractivity contribution in [3.63, 3.8) is 0 Å². The maximum absolute atomic E-state index is 10.9. The summed E-state index contributed by atoms with van der Waals surface area (Å²) in [5, 5.41) is 11.0. The molecule has 1 unspecified atom stereocenters. The Bertz CT molecular complexity index is 171. The van der Waals surface area contributed by atoms with Crippen LogP contribution in [0.1, 0.15) is 19.3 Å². The van der Waals surface area contributed by atoms with Gasteiger partial charge in [-0.2, -0.15) is 5.26 Å². The lowest BCUT2D eigenvalue weighted by atomic mass is 10.0. The molecule has 54 valence electrons. The van der Waals surface area contributed by atoms with Crippen molar-refractivity contribution < 1.29 is 4.79 Å². The number of nitriles is 1.